The van der Waals surface area contributed by atoms with Gasteiger partial charge < -0.3 is 5.73 Å². The number of aromatic nitrogens is 2. The van der Waals surface area contributed by atoms with Gasteiger partial charge in [0.2, 0.25) is 5.95 Å². The first kappa shape index (κ1) is 11.1. The summed E-state index contributed by atoms with van der Waals surface area (Å²) in [7, 11) is 0. The number of rotatable bonds is 2. The maximum atomic E-state index is 5.55. The summed E-state index contributed by atoms with van der Waals surface area (Å²) in [4.78, 5) is 8.30. The van der Waals surface area contributed by atoms with Crippen molar-refractivity contribution in [2.45, 2.75) is 45.2 Å². The van der Waals surface area contributed by atoms with Gasteiger partial charge in [0, 0.05) is 12.1 Å². The van der Waals surface area contributed by atoms with Crippen molar-refractivity contribution in [2.24, 2.45) is 0 Å². The van der Waals surface area contributed by atoms with E-state index < -0.39 is 0 Å². The van der Waals surface area contributed by atoms with E-state index in [1.165, 1.54) is 19.3 Å². The standard InChI is InChI=1S/C11H19N5/c1-8-4-3-5-9(2)16(8)15-11-13-6-10(12)7-14-11/h6-9H,3-5,12H2,1-2H3,(H,13,14,15). The van der Waals surface area contributed by atoms with E-state index in [-0.39, 0.29) is 0 Å². The van der Waals surface area contributed by atoms with Crippen LogP contribution in [0.4, 0.5) is 11.6 Å². The summed E-state index contributed by atoms with van der Waals surface area (Å²) in [6.45, 7) is 4.44. The molecule has 0 radical (unpaired) electrons. The summed E-state index contributed by atoms with van der Waals surface area (Å²) in [5.41, 5.74) is 9.40. The van der Waals surface area contributed by atoms with Gasteiger partial charge in [-0.25, -0.2) is 15.0 Å². The Morgan fingerprint density at radius 2 is 1.81 bits per heavy atom. The van der Waals surface area contributed by atoms with Gasteiger partial charge in [-0.2, -0.15) is 0 Å². The van der Waals surface area contributed by atoms with Crippen LogP contribution in [0.25, 0.3) is 0 Å². The molecule has 0 aliphatic carbocycles. The van der Waals surface area contributed by atoms with Crippen LogP contribution < -0.4 is 11.2 Å². The molecule has 5 heteroatoms. The topological polar surface area (TPSA) is 67.1 Å². The summed E-state index contributed by atoms with van der Waals surface area (Å²) in [5, 5.41) is 2.23. The second-order valence-electron chi connectivity index (χ2n) is 4.49. The highest BCUT2D eigenvalue weighted by Gasteiger charge is 2.25. The molecule has 16 heavy (non-hydrogen) atoms. The van der Waals surface area contributed by atoms with Crippen LogP contribution in [0.1, 0.15) is 33.1 Å². The third-order valence-corrected chi connectivity index (χ3v) is 3.09. The van der Waals surface area contributed by atoms with Crippen LogP contribution in [0.3, 0.4) is 0 Å². The van der Waals surface area contributed by atoms with E-state index in [4.69, 9.17) is 5.73 Å². The van der Waals surface area contributed by atoms with E-state index >= 15 is 0 Å². The Bertz CT molecular complexity index is 327. The third-order valence-electron chi connectivity index (χ3n) is 3.09. The molecule has 0 bridgehead atoms. The molecule has 2 unspecified atom stereocenters. The fraction of sp³-hybridized carbons (Fsp3) is 0.636. The third kappa shape index (κ3) is 2.41. The van der Waals surface area contributed by atoms with Gasteiger partial charge in [0.25, 0.3) is 0 Å². The fourth-order valence-corrected chi connectivity index (χ4v) is 2.15. The van der Waals surface area contributed by atoms with Crippen LogP contribution in [0.2, 0.25) is 0 Å². The number of piperidine rings is 1. The van der Waals surface area contributed by atoms with Crippen molar-refractivity contribution in [3.63, 3.8) is 0 Å². The number of hydrogen-bond acceptors (Lipinski definition) is 5. The molecule has 3 N–H and O–H groups in total. The number of hydrogen-bond donors (Lipinski definition) is 2. The van der Waals surface area contributed by atoms with Crippen LogP contribution in [-0.4, -0.2) is 27.1 Å². The molecule has 1 aliphatic heterocycles. The molecule has 0 aromatic carbocycles. The zero-order chi connectivity index (χ0) is 11.5. The van der Waals surface area contributed by atoms with Crippen molar-refractivity contribution in [3.05, 3.63) is 12.4 Å². The van der Waals surface area contributed by atoms with Crippen LogP contribution in [0.15, 0.2) is 12.4 Å². The SMILES string of the molecule is CC1CCCC(C)N1Nc1ncc(N)cn1. The number of nitrogens with one attached hydrogen (secondary N) is 1. The first-order chi connectivity index (χ1) is 7.66. The number of hydrazine groups is 1. The van der Waals surface area contributed by atoms with Crippen LogP contribution >= 0.6 is 0 Å². The number of nitrogens with zero attached hydrogens (tertiary/aromatic N) is 3. The van der Waals surface area contributed by atoms with E-state index in [0.29, 0.717) is 23.7 Å². The average Bonchev–Trinajstić information content (AvgIpc) is 2.26. The highest BCUT2D eigenvalue weighted by molar-refractivity contribution is 5.35. The summed E-state index contributed by atoms with van der Waals surface area (Å²) >= 11 is 0. The normalized spacial score (nSPS) is 26.6. The van der Waals surface area contributed by atoms with E-state index in [1.54, 1.807) is 12.4 Å². The molecule has 1 aromatic heterocycles. The van der Waals surface area contributed by atoms with Crippen LogP contribution in [-0.2, 0) is 0 Å². The number of nitrogens with two attached hydrogens (primary N) is 1. The Morgan fingerprint density at radius 1 is 1.25 bits per heavy atom. The summed E-state index contributed by atoms with van der Waals surface area (Å²) in [6.07, 6.45) is 6.96. The largest absolute Gasteiger partial charge is 0.396 e. The predicted molar refractivity (Wildman–Crippen MR) is 64.7 cm³/mol. The molecule has 2 rings (SSSR count). The van der Waals surface area contributed by atoms with Crippen LogP contribution in [0.5, 0.6) is 0 Å². The van der Waals surface area contributed by atoms with Gasteiger partial charge in [-0.3, -0.25) is 5.43 Å². The minimum Gasteiger partial charge on any atom is -0.396 e. The van der Waals surface area contributed by atoms with E-state index in [9.17, 15) is 0 Å². The molecule has 0 saturated carbocycles. The van der Waals surface area contributed by atoms with E-state index in [0.717, 1.165) is 0 Å². The van der Waals surface area contributed by atoms with Gasteiger partial charge in [-0.15, -0.1) is 0 Å². The van der Waals surface area contributed by atoms with Gasteiger partial charge >= 0.3 is 0 Å². The highest BCUT2D eigenvalue weighted by atomic mass is 15.6. The second kappa shape index (κ2) is 4.65. The molecule has 1 fully saturated rings. The molecule has 2 atom stereocenters. The van der Waals surface area contributed by atoms with E-state index in [2.05, 4.69) is 34.3 Å². The van der Waals surface area contributed by atoms with Crippen molar-refractivity contribution in [3.8, 4) is 0 Å². The highest BCUT2D eigenvalue weighted by Crippen LogP contribution is 2.22. The maximum absolute atomic E-state index is 5.55. The van der Waals surface area contributed by atoms with E-state index in [1.807, 2.05) is 0 Å². The van der Waals surface area contributed by atoms with Gasteiger partial charge in [0.05, 0.1) is 18.1 Å². The number of nitrogen functional groups attached to an aromatic ring is 1. The lowest BCUT2D eigenvalue weighted by Crippen LogP contribution is -2.47. The Hall–Kier alpha value is -1.36. The molecule has 88 valence electrons. The molecule has 1 saturated heterocycles. The van der Waals surface area contributed by atoms with Gasteiger partial charge in [-0.1, -0.05) is 6.42 Å². The second-order valence-corrected chi connectivity index (χ2v) is 4.49. The molecular formula is C11H19N5. The molecule has 1 aliphatic rings. The Balaban J connectivity index is 2.04. The Morgan fingerprint density at radius 3 is 2.38 bits per heavy atom. The predicted octanol–water partition coefficient (Wildman–Crippen LogP) is 1.65. The Labute approximate surface area is 96.0 Å². The van der Waals surface area contributed by atoms with Crippen LogP contribution in [0, 0.1) is 0 Å². The molecule has 2 heterocycles. The van der Waals surface area contributed by atoms with Crippen molar-refractivity contribution >= 4 is 11.6 Å². The fourth-order valence-electron chi connectivity index (χ4n) is 2.15. The number of anilines is 2. The first-order valence-electron chi connectivity index (χ1n) is 5.79. The quantitative estimate of drug-likeness (QED) is 0.794. The monoisotopic (exact) mass is 221 g/mol. The lowest BCUT2D eigenvalue weighted by atomic mass is 10.00. The minimum absolute atomic E-state index is 0.518. The maximum Gasteiger partial charge on any atom is 0.237 e. The average molecular weight is 221 g/mol. The molecular weight excluding hydrogens is 202 g/mol. The molecule has 0 amide bonds. The smallest absolute Gasteiger partial charge is 0.237 e. The van der Waals surface area contributed by atoms with Gasteiger partial charge in [0.1, 0.15) is 0 Å². The molecule has 5 nitrogen and oxygen atoms in total. The van der Waals surface area contributed by atoms with Crippen molar-refractivity contribution < 1.29 is 0 Å². The summed E-state index contributed by atoms with van der Waals surface area (Å²) < 4.78 is 0. The minimum atomic E-state index is 0.518. The first-order valence-corrected chi connectivity index (χ1v) is 5.79. The van der Waals surface area contributed by atoms with Crippen molar-refractivity contribution in [1.29, 1.82) is 0 Å². The van der Waals surface area contributed by atoms with Crippen molar-refractivity contribution in [1.82, 2.24) is 15.0 Å². The summed E-state index contributed by atoms with van der Waals surface area (Å²) in [5.74, 6) is 0.620. The zero-order valence-electron chi connectivity index (χ0n) is 9.85. The lowest BCUT2D eigenvalue weighted by Gasteiger charge is -2.38. The Kier molecular flexibility index (Phi) is 3.24. The zero-order valence-corrected chi connectivity index (χ0v) is 9.85. The van der Waals surface area contributed by atoms with Gasteiger partial charge in [0.15, 0.2) is 0 Å². The van der Waals surface area contributed by atoms with Gasteiger partial charge in [-0.05, 0) is 26.7 Å². The lowest BCUT2D eigenvalue weighted by molar-refractivity contribution is 0.134. The van der Waals surface area contributed by atoms with Crippen molar-refractivity contribution in [2.75, 3.05) is 11.2 Å². The summed E-state index contributed by atoms with van der Waals surface area (Å²) in [6, 6.07) is 1.04. The molecule has 1 aromatic rings. The molecule has 0 spiro atoms.